The second kappa shape index (κ2) is 7.36. The van der Waals surface area contributed by atoms with E-state index in [1.807, 2.05) is 37.3 Å². The molecule has 4 nitrogen and oxygen atoms in total. The van der Waals surface area contributed by atoms with Crippen LogP contribution in [0.5, 0.6) is 0 Å². The maximum Gasteiger partial charge on any atom is 0.345 e. The van der Waals surface area contributed by atoms with E-state index in [0.717, 1.165) is 5.56 Å². The second-order valence-electron chi connectivity index (χ2n) is 3.91. The molecule has 1 rings (SSSR count). The van der Waals surface area contributed by atoms with Crippen LogP contribution in [0.15, 0.2) is 42.5 Å². The van der Waals surface area contributed by atoms with Crippen LogP contribution in [-0.2, 0) is 19.1 Å². The molecule has 1 atom stereocenters. The molecule has 1 aromatic carbocycles. The Hall–Kier alpha value is -2.10. The first-order valence-electron chi connectivity index (χ1n) is 6.22. The van der Waals surface area contributed by atoms with Crippen molar-refractivity contribution in [2.75, 3.05) is 6.61 Å². The Morgan fingerprint density at radius 3 is 2.32 bits per heavy atom. The maximum absolute atomic E-state index is 11.8. The van der Waals surface area contributed by atoms with E-state index in [0.29, 0.717) is 6.42 Å². The van der Waals surface area contributed by atoms with E-state index in [9.17, 15) is 9.59 Å². The first-order chi connectivity index (χ1) is 9.10. The van der Waals surface area contributed by atoms with Gasteiger partial charge in [-0.3, -0.25) is 0 Å². The lowest BCUT2D eigenvalue weighted by Gasteiger charge is -2.16. The Bertz CT molecular complexity index is 450. The van der Waals surface area contributed by atoms with Crippen LogP contribution in [-0.4, -0.2) is 18.5 Å². The normalized spacial score (nSPS) is 11.5. The van der Waals surface area contributed by atoms with Crippen molar-refractivity contribution in [2.24, 2.45) is 0 Å². The van der Waals surface area contributed by atoms with E-state index in [4.69, 9.17) is 9.47 Å². The van der Waals surface area contributed by atoms with Gasteiger partial charge in [-0.2, -0.15) is 0 Å². The van der Waals surface area contributed by atoms with E-state index >= 15 is 0 Å². The van der Waals surface area contributed by atoms with Crippen LogP contribution in [0.3, 0.4) is 0 Å². The summed E-state index contributed by atoms with van der Waals surface area (Å²) >= 11 is 0. The molecule has 19 heavy (non-hydrogen) atoms. The van der Waals surface area contributed by atoms with Crippen molar-refractivity contribution in [3.63, 3.8) is 0 Å². The lowest BCUT2D eigenvalue weighted by Crippen LogP contribution is -2.19. The van der Waals surface area contributed by atoms with E-state index < -0.39 is 11.9 Å². The van der Waals surface area contributed by atoms with E-state index in [1.54, 1.807) is 6.92 Å². The fourth-order valence-electron chi connectivity index (χ4n) is 1.56. The molecule has 4 heteroatoms. The van der Waals surface area contributed by atoms with Gasteiger partial charge in [0.2, 0.25) is 0 Å². The molecule has 0 bridgehead atoms. The fraction of sp³-hybridized carbons (Fsp3) is 0.333. The van der Waals surface area contributed by atoms with Crippen molar-refractivity contribution in [3.05, 3.63) is 48.0 Å². The predicted molar refractivity (Wildman–Crippen MR) is 71.3 cm³/mol. The molecule has 0 spiro atoms. The summed E-state index contributed by atoms with van der Waals surface area (Å²) in [7, 11) is 0. The molecule has 1 unspecified atom stereocenters. The number of rotatable bonds is 6. The van der Waals surface area contributed by atoms with Crippen LogP contribution in [0.25, 0.3) is 0 Å². The molecule has 0 aliphatic rings. The minimum atomic E-state index is -0.742. The van der Waals surface area contributed by atoms with Crippen molar-refractivity contribution >= 4 is 11.9 Å². The molecule has 0 saturated heterocycles. The third kappa shape index (κ3) is 4.25. The first-order valence-corrected chi connectivity index (χ1v) is 6.22. The lowest BCUT2D eigenvalue weighted by atomic mass is 10.1. The van der Waals surface area contributed by atoms with Gasteiger partial charge in [-0.15, -0.1) is 0 Å². The summed E-state index contributed by atoms with van der Waals surface area (Å²) in [4.78, 5) is 23.1. The fourth-order valence-corrected chi connectivity index (χ4v) is 1.56. The average molecular weight is 262 g/mol. The number of hydrogen-bond donors (Lipinski definition) is 0. The monoisotopic (exact) mass is 262 g/mol. The molecular weight excluding hydrogens is 244 g/mol. The number of hydrogen-bond acceptors (Lipinski definition) is 4. The van der Waals surface area contributed by atoms with Crippen molar-refractivity contribution < 1.29 is 19.1 Å². The topological polar surface area (TPSA) is 52.6 Å². The van der Waals surface area contributed by atoms with Gasteiger partial charge in [0.1, 0.15) is 11.7 Å². The molecule has 1 aromatic rings. The SMILES string of the molecule is C=C(C(=O)OCC)C(=O)OC(CC)c1ccccc1. The lowest BCUT2D eigenvalue weighted by molar-refractivity contribution is -0.150. The molecule has 0 aliphatic heterocycles. The van der Waals surface area contributed by atoms with Crippen LogP contribution >= 0.6 is 0 Å². The van der Waals surface area contributed by atoms with Gasteiger partial charge in [0, 0.05) is 0 Å². The number of carbonyl (C=O) groups excluding carboxylic acids is 2. The molecule has 0 aliphatic carbocycles. The second-order valence-corrected chi connectivity index (χ2v) is 3.91. The molecule has 0 aromatic heterocycles. The van der Waals surface area contributed by atoms with Gasteiger partial charge < -0.3 is 9.47 Å². The Balaban J connectivity index is 2.69. The summed E-state index contributed by atoms with van der Waals surface area (Å²) in [5.41, 5.74) is 0.603. The van der Waals surface area contributed by atoms with Crippen LogP contribution < -0.4 is 0 Å². The van der Waals surface area contributed by atoms with Gasteiger partial charge in [-0.05, 0) is 18.9 Å². The summed E-state index contributed by atoms with van der Waals surface area (Å²) in [6.07, 6.45) is 0.228. The predicted octanol–water partition coefficient (Wildman–Crippen LogP) is 2.80. The van der Waals surface area contributed by atoms with E-state index in [1.165, 1.54) is 0 Å². The van der Waals surface area contributed by atoms with E-state index in [-0.39, 0.29) is 18.3 Å². The summed E-state index contributed by atoms with van der Waals surface area (Å²) in [5.74, 6) is -1.48. The molecular formula is C15H18O4. The van der Waals surface area contributed by atoms with Crippen LogP contribution in [0.4, 0.5) is 0 Å². The number of carbonyl (C=O) groups is 2. The number of benzene rings is 1. The van der Waals surface area contributed by atoms with E-state index in [2.05, 4.69) is 6.58 Å². The third-order valence-corrected chi connectivity index (χ3v) is 2.56. The standard InChI is InChI=1S/C15H18O4/c1-4-13(12-9-7-6-8-10-12)19-15(17)11(3)14(16)18-5-2/h6-10,13H,3-5H2,1-2H3. The molecule has 102 valence electrons. The Morgan fingerprint density at radius 1 is 1.16 bits per heavy atom. The van der Waals surface area contributed by atoms with Crippen LogP contribution in [0.1, 0.15) is 31.9 Å². The van der Waals surface area contributed by atoms with Crippen molar-refractivity contribution in [2.45, 2.75) is 26.4 Å². The minimum Gasteiger partial charge on any atom is -0.462 e. The van der Waals surface area contributed by atoms with Gasteiger partial charge in [-0.1, -0.05) is 43.8 Å². The Morgan fingerprint density at radius 2 is 1.79 bits per heavy atom. The third-order valence-electron chi connectivity index (χ3n) is 2.56. The van der Waals surface area contributed by atoms with Gasteiger partial charge in [-0.25, -0.2) is 9.59 Å². The van der Waals surface area contributed by atoms with Crippen molar-refractivity contribution in [1.29, 1.82) is 0 Å². The summed E-state index contributed by atoms with van der Waals surface area (Å²) in [6, 6.07) is 9.36. The van der Waals surface area contributed by atoms with Crippen LogP contribution in [0, 0.1) is 0 Å². The summed E-state index contributed by atoms with van der Waals surface area (Å²) in [5, 5.41) is 0. The number of esters is 2. The highest BCUT2D eigenvalue weighted by atomic mass is 16.6. The highest BCUT2D eigenvalue weighted by Crippen LogP contribution is 2.21. The highest BCUT2D eigenvalue weighted by molar-refractivity contribution is 6.13. The summed E-state index contributed by atoms with van der Waals surface area (Å²) < 4.78 is 9.98. The Labute approximate surface area is 113 Å². The Kier molecular flexibility index (Phi) is 5.79. The van der Waals surface area contributed by atoms with Gasteiger partial charge in [0.05, 0.1) is 6.61 Å². The maximum atomic E-state index is 11.8. The molecule has 0 N–H and O–H groups in total. The average Bonchev–Trinajstić information content (AvgIpc) is 2.44. The minimum absolute atomic E-state index is 0.195. The zero-order valence-electron chi connectivity index (χ0n) is 11.2. The van der Waals surface area contributed by atoms with Crippen molar-refractivity contribution in [1.82, 2.24) is 0 Å². The summed E-state index contributed by atoms with van der Waals surface area (Å²) in [6.45, 7) is 7.16. The first kappa shape index (κ1) is 15.0. The largest absolute Gasteiger partial charge is 0.462 e. The highest BCUT2D eigenvalue weighted by Gasteiger charge is 2.22. The van der Waals surface area contributed by atoms with Crippen LogP contribution in [0.2, 0.25) is 0 Å². The van der Waals surface area contributed by atoms with Crippen molar-refractivity contribution in [3.8, 4) is 0 Å². The molecule has 0 fully saturated rings. The molecule has 0 saturated carbocycles. The smallest absolute Gasteiger partial charge is 0.345 e. The molecule has 0 amide bonds. The zero-order valence-corrected chi connectivity index (χ0v) is 11.2. The molecule has 0 radical (unpaired) electrons. The zero-order chi connectivity index (χ0) is 14.3. The van der Waals surface area contributed by atoms with Gasteiger partial charge in [0.25, 0.3) is 0 Å². The van der Waals surface area contributed by atoms with Gasteiger partial charge >= 0.3 is 11.9 Å². The molecule has 0 heterocycles. The quantitative estimate of drug-likeness (QED) is 0.342. The van der Waals surface area contributed by atoms with Gasteiger partial charge in [0.15, 0.2) is 0 Å². The number of ether oxygens (including phenoxy) is 2.